The van der Waals surface area contributed by atoms with Gasteiger partial charge in [0, 0.05) is 11.8 Å². The second kappa shape index (κ2) is 6.27. The number of benzene rings is 1. The molecule has 2 N–H and O–H groups in total. The van der Waals surface area contributed by atoms with E-state index in [2.05, 4.69) is 25.0 Å². The molecule has 116 valence electrons. The monoisotopic (exact) mass is 310 g/mol. The van der Waals surface area contributed by atoms with E-state index in [1.807, 2.05) is 0 Å². The summed E-state index contributed by atoms with van der Waals surface area (Å²) in [5.74, 6) is -0.670. The number of fused-ring (bicyclic) bond motifs is 1. The summed E-state index contributed by atoms with van der Waals surface area (Å²) >= 11 is 0. The van der Waals surface area contributed by atoms with E-state index in [1.165, 1.54) is 13.3 Å². The third-order valence-electron chi connectivity index (χ3n) is 3.35. The van der Waals surface area contributed by atoms with Crippen LogP contribution in [0.4, 0.5) is 0 Å². The molecule has 0 bridgehead atoms. The average molecular weight is 310 g/mol. The number of carbonyl (C=O) groups excluding carboxylic acids is 2. The van der Waals surface area contributed by atoms with Crippen LogP contribution in [-0.4, -0.2) is 33.9 Å². The van der Waals surface area contributed by atoms with Crippen molar-refractivity contribution in [1.82, 2.24) is 20.3 Å². The SMILES string of the molecule is COC(=O)c1ccnc(CNC(=O)c2ccc3nc[nH]c3c2)c1. The average Bonchev–Trinajstić information content (AvgIpc) is 3.06. The molecular formula is C16H14N4O3. The number of amides is 1. The number of methoxy groups -OCH3 is 1. The predicted molar refractivity (Wildman–Crippen MR) is 82.8 cm³/mol. The van der Waals surface area contributed by atoms with E-state index < -0.39 is 5.97 Å². The standard InChI is InChI=1S/C16H14N4O3/c1-23-16(22)11-4-5-17-12(6-11)8-18-15(21)10-2-3-13-14(7-10)20-9-19-13/h2-7,9H,8H2,1H3,(H,18,21)(H,19,20). The number of H-pyrrole nitrogens is 1. The topological polar surface area (TPSA) is 97.0 Å². The van der Waals surface area contributed by atoms with E-state index in [-0.39, 0.29) is 12.5 Å². The molecule has 0 unspecified atom stereocenters. The van der Waals surface area contributed by atoms with E-state index in [0.717, 1.165) is 11.0 Å². The van der Waals surface area contributed by atoms with Crippen LogP contribution in [0.3, 0.4) is 0 Å². The summed E-state index contributed by atoms with van der Waals surface area (Å²) in [7, 11) is 1.32. The number of rotatable bonds is 4. The summed E-state index contributed by atoms with van der Waals surface area (Å²) in [5.41, 5.74) is 3.08. The van der Waals surface area contributed by atoms with Crippen molar-refractivity contribution in [3.63, 3.8) is 0 Å². The number of aromatic amines is 1. The summed E-state index contributed by atoms with van der Waals surface area (Å²) in [6.45, 7) is 0.213. The summed E-state index contributed by atoms with van der Waals surface area (Å²) < 4.78 is 4.66. The minimum atomic E-state index is -0.440. The Bertz CT molecular complexity index is 872. The Hall–Kier alpha value is -3.22. The second-order valence-corrected chi connectivity index (χ2v) is 4.84. The van der Waals surface area contributed by atoms with Crippen molar-refractivity contribution < 1.29 is 14.3 Å². The van der Waals surface area contributed by atoms with Crippen molar-refractivity contribution in [1.29, 1.82) is 0 Å². The summed E-state index contributed by atoms with van der Waals surface area (Å²) in [6, 6.07) is 8.36. The molecule has 0 radical (unpaired) electrons. The van der Waals surface area contributed by atoms with Gasteiger partial charge < -0.3 is 15.0 Å². The zero-order chi connectivity index (χ0) is 16.2. The number of aromatic nitrogens is 3. The molecule has 2 aromatic heterocycles. The van der Waals surface area contributed by atoms with Gasteiger partial charge in [0.25, 0.3) is 5.91 Å². The third kappa shape index (κ3) is 3.18. The van der Waals surface area contributed by atoms with Gasteiger partial charge in [-0.1, -0.05) is 0 Å². The van der Waals surface area contributed by atoms with Crippen LogP contribution >= 0.6 is 0 Å². The third-order valence-corrected chi connectivity index (χ3v) is 3.35. The van der Waals surface area contributed by atoms with Gasteiger partial charge in [0.2, 0.25) is 0 Å². The zero-order valence-electron chi connectivity index (χ0n) is 12.4. The second-order valence-electron chi connectivity index (χ2n) is 4.84. The molecule has 1 amide bonds. The first-order chi connectivity index (χ1) is 11.2. The molecular weight excluding hydrogens is 296 g/mol. The number of esters is 1. The molecule has 2 heterocycles. The van der Waals surface area contributed by atoms with Crippen LogP contribution in [0.1, 0.15) is 26.4 Å². The number of nitrogens with zero attached hydrogens (tertiary/aromatic N) is 2. The fourth-order valence-electron chi connectivity index (χ4n) is 2.17. The molecule has 7 nitrogen and oxygen atoms in total. The van der Waals surface area contributed by atoms with E-state index in [1.54, 1.807) is 36.7 Å². The van der Waals surface area contributed by atoms with Gasteiger partial charge >= 0.3 is 5.97 Å². The molecule has 0 aliphatic heterocycles. The highest BCUT2D eigenvalue weighted by atomic mass is 16.5. The van der Waals surface area contributed by atoms with Crippen LogP contribution < -0.4 is 5.32 Å². The molecule has 0 atom stereocenters. The zero-order valence-corrected chi connectivity index (χ0v) is 12.4. The van der Waals surface area contributed by atoms with Gasteiger partial charge in [-0.2, -0.15) is 0 Å². The first-order valence-electron chi connectivity index (χ1n) is 6.92. The van der Waals surface area contributed by atoms with Crippen LogP contribution in [0.25, 0.3) is 11.0 Å². The molecule has 0 saturated carbocycles. The van der Waals surface area contributed by atoms with Gasteiger partial charge in [-0.25, -0.2) is 9.78 Å². The molecule has 0 saturated heterocycles. The summed E-state index contributed by atoms with van der Waals surface area (Å²) in [6.07, 6.45) is 3.08. The van der Waals surface area contributed by atoms with Gasteiger partial charge in [0.1, 0.15) is 0 Å². The molecule has 7 heteroatoms. The molecule has 3 aromatic rings. The number of ether oxygens (including phenoxy) is 1. The molecule has 0 fully saturated rings. The van der Waals surface area contributed by atoms with Crippen molar-refractivity contribution in [2.45, 2.75) is 6.54 Å². The smallest absolute Gasteiger partial charge is 0.337 e. The van der Waals surface area contributed by atoms with E-state index in [4.69, 9.17) is 0 Å². The Morgan fingerprint density at radius 1 is 1.17 bits per heavy atom. The van der Waals surface area contributed by atoms with Crippen molar-refractivity contribution >= 4 is 22.9 Å². The minimum absolute atomic E-state index is 0.213. The van der Waals surface area contributed by atoms with Crippen LogP contribution in [0, 0.1) is 0 Å². The van der Waals surface area contributed by atoms with Gasteiger partial charge in [-0.15, -0.1) is 0 Å². The highest BCUT2D eigenvalue weighted by Crippen LogP contribution is 2.11. The number of nitrogens with one attached hydrogen (secondary N) is 2. The molecule has 0 aliphatic rings. The van der Waals surface area contributed by atoms with Crippen molar-refractivity contribution in [3.8, 4) is 0 Å². The van der Waals surface area contributed by atoms with Crippen LogP contribution in [0.15, 0.2) is 42.9 Å². The highest BCUT2D eigenvalue weighted by molar-refractivity contribution is 5.97. The van der Waals surface area contributed by atoms with Crippen LogP contribution in [0.2, 0.25) is 0 Å². The molecule has 0 spiro atoms. The number of pyridine rings is 1. The van der Waals surface area contributed by atoms with E-state index in [9.17, 15) is 9.59 Å². The lowest BCUT2D eigenvalue weighted by molar-refractivity contribution is 0.0600. The lowest BCUT2D eigenvalue weighted by atomic mass is 10.2. The molecule has 23 heavy (non-hydrogen) atoms. The number of carbonyl (C=O) groups is 2. The maximum Gasteiger partial charge on any atom is 0.337 e. The summed E-state index contributed by atoms with van der Waals surface area (Å²) in [5, 5.41) is 2.77. The van der Waals surface area contributed by atoms with Gasteiger partial charge in [-0.05, 0) is 30.3 Å². The van der Waals surface area contributed by atoms with Crippen molar-refractivity contribution in [2.75, 3.05) is 7.11 Å². The number of hydrogen-bond acceptors (Lipinski definition) is 5. The Balaban J connectivity index is 1.70. The lowest BCUT2D eigenvalue weighted by Crippen LogP contribution is -2.23. The Morgan fingerprint density at radius 2 is 2.04 bits per heavy atom. The fourth-order valence-corrected chi connectivity index (χ4v) is 2.17. The Labute approximate surface area is 131 Å². The van der Waals surface area contributed by atoms with Crippen molar-refractivity contribution in [2.24, 2.45) is 0 Å². The maximum absolute atomic E-state index is 12.2. The lowest BCUT2D eigenvalue weighted by Gasteiger charge is -2.06. The van der Waals surface area contributed by atoms with Crippen LogP contribution in [0.5, 0.6) is 0 Å². The minimum Gasteiger partial charge on any atom is -0.465 e. The summed E-state index contributed by atoms with van der Waals surface area (Å²) in [4.78, 5) is 34.9. The molecule has 0 aliphatic carbocycles. The number of imidazole rings is 1. The highest BCUT2D eigenvalue weighted by Gasteiger charge is 2.09. The van der Waals surface area contributed by atoms with E-state index >= 15 is 0 Å². The largest absolute Gasteiger partial charge is 0.465 e. The quantitative estimate of drug-likeness (QED) is 0.715. The van der Waals surface area contributed by atoms with Crippen LogP contribution in [-0.2, 0) is 11.3 Å². The molecule has 3 rings (SSSR count). The number of hydrogen-bond donors (Lipinski definition) is 2. The fraction of sp³-hybridized carbons (Fsp3) is 0.125. The Morgan fingerprint density at radius 3 is 2.87 bits per heavy atom. The maximum atomic E-state index is 12.2. The normalized spacial score (nSPS) is 10.5. The van der Waals surface area contributed by atoms with Gasteiger partial charge in [0.05, 0.1) is 42.3 Å². The molecule has 1 aromatic carbocycles. The first-order valence-corrected chi connectivity index (χ1v) is 6.92. The van der Waals surface area contributed by atoms with Gasteiger partial charge in [-0.3, -0.25) is 9.78 Å². The van der Waals surface area contributed by atoms with Gasteiger partial charge in [0.15, 0.2) is 0 Å². The Kier molecular flexibility index (Phi) is 4.01. The predicted octanol–water partition coefficient (Wildman–Crippen LogP) is 1.67. The van der Waals surface area contributed by atoms with E-state index in [0.29, 0.717) is 16.8 Å². The first kappa shape index (κ1) is 14.7. The van der Waals surface area contributed by atoms with Crippen molar-refractivity contribution in [3.05, 3.63) is 59.7 Å².